The fourth-order valence-electron chi connectivity index (χ4n) is 6.51. The van der Waals surface area contributed by atoms with E-state index in [1.54, 1.807) is 0 Å². The second-order valence-corrected chi connectivity index (χ2v) is 10.6. The van der Waals surface area contributed by atoms with Gasteiger partial charge in [0, 0.05) is 26.2 Å². The van der Waals surface area contributed by atoms with Crippen molar-refractivity contribution in [1.29, 1.82) is 0 Å². The molecule has 0 bridgehead atoms. The number of rotatable bonds is 12. The van der Waals surface area contributed by atoms with Gasteiger partial charge < -0.3 is 20.4 Å². The van der Waals surface area contributed by atoms with Gasteiger partial charge >= 0.3 is 0 Å². The van der Waals surface area contributed by atoms with E-state index in [2.05, 4.69) is 40.9 Å². The van der Waals surface area contributed by atoms with E-state index >= 15 is 0 Å². The summed E-state index contributed by atoms with van der Waals surface area (Å²) in [6, 6.07) is 0.171. The number of fused-ring (bicyclic) bond motifs is 1. The fraction of sp³-hybridized carbons (Fsp3) is 1.00. The monoisotopic (exact) mass is 514 g/mol. The Morgan fingerprint density at radius 2 is 0.833 bits per heavy atom. The largest absolute Gasteiger partial charge is 0.395 e. The van der Waals surface area contributed by atoms with E-state index < -0.39 is 0 Å². The van der Waals surface area contributed by atoms with E-state index in [0.29, 0.717) is 26.2 Å². The number of piperidine rings is 2. The maximum absolute atomic E-state index is 9.73. The smallest absolute Gasteiger partial charge is 0.116 e. The van der Waals surface area contributed by atoms with Crippen molar-refractivity contribution < 1.29 is 20.4 Å². The maximum atomic E-state index is 9.73. The Balaban J connectivity index is 1.64. The Hall–Kier alpha value is -0.480. The standard InChI is InChI=1S/C24H50N8O4/c33-15-11-31(12-16-34)23-26-20-19(21(27-23)29-7-3-1-4-8-29)25-24(32(13-17-35)14-18-36)28-22(20)30-9-5-2-6-10-30/h19-28,33-36H,1-18H2. The van der Waals surface area contributed by atoms with Gasteiger partial charge in [-0.05, 0) is 51.9 Å². The average Bonchev–Trinajstić information content (AvgIpc) is 2.92. The summed E-state index contributed by atoms with van der Waals surface area (Å²) in [6.45, 7) is 6.22. The molecule has 4 aliphatic heterocycles. The van der Waals surface area contributed by atoms with Gasteiger partial charge in [0.2, 0.25) is 0 Å². The van der Waals surface area contributed by atoms with E-state index in [9.17, 15) is 20.4 Å². The zero-order valence-electron chi connectivity index (χ0n) is 21.8. The van der Waals surface area contributed by atoms with Crippen LogP contribution in [0.2, 0.25) is 0 Å². The zero-order chi connectivity index (χ0) is 25.3. The molecule has 6 atom stereocenters. The molecule has 4 saturated heterocycles. The molecule has 0 spiro atoms. The normalized spacial score (nSPS) is 34.8. The van der Waals surface area contributed by atoms with Gasteiger partial charge in [0.05, 0.1) is 50.8 Å². The van der Waals surface area contributed by atoms with Crippen molar-refractivity contribution in [3.63, 3.8) is 0 Å². The Kier molecular flexibility index (Phi) is 11.6. The van der Waals surface area contributed by atoms with Crippen LogP contribution in [0.5, 0.6) is 0 Å². The number of aliphatic hydroxyl groups excluding tert-OH is 4. The quantitative estimate of drug-likeness (QED) is 0.133. The first-order chi connectivity index (χ1) is 17.7. The van der Waals surface area contributed by atoms with Crippen LogP contribution in [-0.2, 0) is 0 Å². The number of hydrogen-bond acceptors (Lipinski definition) is 12. The minimum absolute atomic E-state index is 0.0355. The molecule has 4 aliphatic rings. The third-order valence-electron chi connectivity index (χ3n) is 8.27. The Bertz CT molecular complexity index is 561. The predicted octanol–water partition coefficient (Wildman–Crippen LogP) is -3.13. The summed E-state index contributed by atoms with van der Waals surface area (Å²) < 4.78 is 0. The molecule has 0 aromatic rings. The van der Waals surface area contributed by atoms with E-state index in [0.717, 1.165) is 26.2 Å². The fourth-order valence-corrected chi connectivity index (χ4v) is 6.51. The van der Waals surface area contributed by atoms with Crippen LogP contribution >= 0.6 is 0 Å². The van der Waals surface area contributed by atoms with Gasteiger partial charge in [-0.3, -0.25) is 40.9 Å². The predicted molar refractivity (Wildman–Crippen MR) is 138 cm³/mol. The molecule has 12 nitrogen and oxygen atoms in total. The molecule has 8 N–H and O–H groups in total. The van der Waals surface area contributed by atoms with Crippen molar-refractivity contribution in [2.75, 3.05) is 78.8 Å². The second kappa shape index (κ2) is 14.6. The van der Waals surface area contributed by atoms with Crippen LogP contribution in [0.25, 0.3) is 0 Å². The van der Waals surface area contributed by atoms with Gasteiger partial charge in [0.1, 0.15) is 12.6 Å². The number of nitrogens with one attached hydrogen (secondary N) is 4. The van der Waals surface area contributed by atoms with Crippen LogP contribution in [0.1, 0.15) is 38.5 Å². The van der Waals surface area contributed by atoms with Crippen LogP contribution in [0.3, 0.4) is 0 Å². The highest BCUT2D eigenvalue weighted by Crippen LogP contribution is 2.26. The molecule has 6 unspecified atom stereocenters. The molecular weight excluding hydrogens is 464 g/mol. The number of aliphatic hydroxyl groups is 4. The average molecular weight is 515 g/mol. The van der Waals surface area contributed by atoms with Crippen molar-refractivity contribution in [3.8, 4) is 0 Å². The topological polar surface area (TPSA) is 142 Å². The molecule has 4 rings (SSSR count). The third kappa shape index (κ3) is 6.93. The Morgan fingerprint density at radius 3 is 1.14 bits per heavy atom. The molecule has 0 saturated carbocycles. The lowest BCUT2D eigenvalue weighted by Crippen LogP contribution is -2.87. The number of nitrogens with zero attached hydrogens (tertiary/aromatic N) is 4. The van der Waals surface area contributed by atoms with E-state index in [1.807, 2.05) is 0 Å². The molecule has 4 heterocycles. The third-order valence-corrected chi connectivity index (χ3v) is 8.27. The van der Waals surface area contributed by atoms with E-state index in [-0.39, 0.29) is 63.4 Å². The number of hydrogen-bond donors (Lipinski definition) is 8. The number of likely N-dealkylation sites (tertiary alicyclic amines) is 2. The molecule has 12 heteroatoms. The lowest BCUT2D eigenvalue weighted by molar-refractivity contribution is -0.0860. The summed E-state index contributed by atoms with van der Waals surface area (Å²) in [7, 11) is 0. The Labute approximate surface area is 216 Å². The van der Waals surface area contributed by atoms with Gasteiger partial charge in [0.25, 0.3) is 0 Å². The molecule has 36 heavy (non-hydrogen) atoms. The summed E-state index contributed by atoms with van der Waals surface area (Å²) in [6.07, 6.45) is 7.06. The molecule has 0 amide bonds. The molecule has 0 aliphatic carbocycles. The second-order valence-electron chi connectivity index (χ2n) is 10.6. The van der Waals surface area contributed by atoms with Crippen molar-refractivity contribution in [1.82, 2.24) is 40.9 Å². The first-order valence-electron chi connectivity index (χ1n) is 14.1. The highest BCUT2D eigenvalue weighted by atomic mass is 16.3. The van der Waals surface area contributed by atoms with Crippen LogP contribution in [0.4, 0.5) is 0 Å². The van der Waals surface area contributed by atoms with Gasteiger partial charge in [-0.1, -0.05) is 12.8 Å². The minimum atomic E-state index is -0.170. The molecule has 210 valence electrons. The van der Waals surface area contributed by atoms with Crippen LogP contribution < -0.4 is 21.3 Å². The summed E-state index contributed by atoms with van der Waals surface area (Å²) >= 11 is 0. The summed E-state index contributed by atoms with van der Waals surface area (Å²) in [4.78, 5) is 9.29. The van der Waals surface area contributed by atoms with Gasteiger partial charge in [0.15, 0.2) is 0 Å². The highest BCUT2D eigenvalue weighted by Gasteiger charge is 2.50. The van der Waals surface area contributed by atoms with Gasteiger partial charge in [-0.25, -0.2) is 0 Å². The lowest BCUT2D eigenvalue weighted by atomic mass is 9.92. The van der Waals surface area contributed by atoms with Crippen molar-refractivity contribution >= 4 is 0 Å². The zero-order valence-corrected chi connectivity index (χ0v) is 21.8. The van der Waals surface area contributed by atoms with Crippen molar-refractivity contribution in [2.45, 2.75) is 75.5 Å². The van der Waals surface area contributed by atoms with Crippen molar-refractivity contribution in [2.24, 2.45) is 0 Å². The highest BCUT2D eigenvalue weighted by molar-refractivity contribution is 5.07. The molecule has 0 aromatic heterocycles. The molecular formula is C24H50N8O4. The van der Waals surface area contributed by atoms with Crippen molar-refractivity contribution in [3.05, 3.63) is 0 Å². The first-order valence-corrected chi connectivity index (χ1v) is 14.1. The van der Waals surface area contributed by atoms with Gasteiger partial charge in [-0.2, -0.15) is 0 Å². The van der Waals surface area contributed by atoms with E-state index in [1.165, 1.54) is 38.5 Å². The van der Waals surface area contributed by atoms with E-state index in [4.69, 9.17) is 0 Å². The molecule has 4 fully saturated rings. The van der Waals surface area contributed by atoms with Crippen LogP contribution in [-0.4, -0.2) is 156 Å². The molecule has 0 radical (unpaired) electrons. The summed E-state index contributed by atoms with van der Waals surface area (Å²) in [5.74, 6) is 0. The summed E-state index contributed by atoms with van der Waals surface area (Å²) in [5, 5.41) is 54.3. The SMILES string of the molecule is OCCN(CCO)C1NC2C(NC(N(CCO)CCO)NC2N2CCCCC2)C(N2CCCCC2)N1. The Morgan fingerprint density at radius 1 is 0.500 bits per heavy atom. The molecule has 0 aromatic carbocycles. The first kappa shape index (κ1) is 28.5. The van der Waals surface area contributed by atoms with Crippen LogP contribution in [0.15, 0.2) is 0 Å². The van der Waals surface area contributed by atoms with Crippen LogP contribution in [0, 0.1) is 0 Å². The van der Waals surface area contributed by atoms with Gasteiger partial charge in [-0.15, -0.1) is 0 Å². The lowest BCUT2D eigenvalue weighted by Gasteiger charge is -2.59. The summed E-state index contributed by atoms with van der Waals surface area (Å²) in [5.41, 5.74) is 0. The minimum Gasteiger partial charge on any atom is -0.395 e. The maximum Gasteiger partial charge on any atom is 0.116 e.